The summed E-state index contributed by atoms with van der Waals surface area (Å²) in [5.74, 6) is 1.86. The molecule has 0 aromatic heterocycles. The maximum absolute atomic E-state index is 12.2. The molecule has 4 nitrogen and oxygen atoms in total. The van der Waals surface area contributed by atoms with E-state index in [0.29, 0.717) is 31.8 Å². The summed E-state index contributed by atoms with van der Waals surface area (Å²) < 4.78 is 17.0. The quantitative estimate of drug-likeness (QED) is 0.318. The lowest BCUT2D eigenvalue weighted by Crippen LogP contribution is -2.09. The Hall–Kier alpha value is -2.49. The van der Waals surface area contributed by atoms with Gasteiger partial charge in [0.15, 0.2) is 11.5 Å². The average molecular weight is 370 g/mol. The molecule has 0 aliphatic carbocycles. The van der Waals surface area contributed by atoms with Gasteiger partial charge in [-0.05, 0) is 74.6 Å². The van der Waals surface area contributed by atoms with E-state index < -0.39 is 0 Å². The molecule has 0 amide bonds. The number of hydrogen-bond acceptors (Lipinski definition) is 4. The topological polar surface area (TPSA) is 44.8 Å². The smallest absolute Gasteiger partial charge is 0.311 e. The van der Waals surface area contributed by atoms with Gasteiger partial charge in [0, 0.05) is 6.42 Å². The molecule has 0 radical (unpaired) electrons. The van der Waals surface area contributed by atoms with E-state index in [2.05, 4.69) is 13.0 Å². The molecule has 27 heavy (non-hydrogen) atoms. The maximum atomic E-state index is 12.2. The van der Waals surface area contributed by atoms with Crippen molar-refractivity contribution in [3.63, 3.8) is 0 Å². The fraction of sp³-hybridized carbons (Fsp3) is 0.435. The highest BCUT2D eigenvalue weighted by atomic mass is 16.5. The molecule has 2 rings (SSSR count). The molecule has 0 fully saturated rings. The van der Waals surface area contributed by atoms with Gasteiger partial charge in [-0.2, -0.15) is 0 Å². The molecule has 0 bridgehead atoms. The lowest BCUT2D eigenvalue weighted by atomic mass is 10.1. The second-order valence-corrected chi connectivity index (χ2v) is 6.71. The van der Waals surface area contributed by atoms with Crippen LogP contribution >= 0.6 is 0 Å². The van der Waals surface area contributed by atoms with E-state index in [4.69, 9.17) is 14.2 Å². The number of unbranched alkanes of at least 4 members (excludes halogenated alkanes) is 1. The highest BCUT2D eigenvalue weighted by molar-refractivity contribution is 5.72. The Bertz CT molecular complexity index is 732. The first kappa shape index (κ1) is 20.8. The summed E-state index contributed by atoms with van der Waals surface area (Å²) in [5.41, 5.74) is 3.19. The van der Waals surface area contributed by atoms with E-state index in [0.717, 1.165) is 41.0 Å². The second-order valence-electron chi connectivity index (χ2n) is 6.71. The van der Waals surface area contributed by atoms with Crippen molar-refractivity contribution in [2.75, 3.05) is 13.2 Å². The van der Waals surface area contributed by atoms with Crippen molar-refractivity contribution in [1.29, 1.82) is 0 Å². The summed E-state index contributed by atoms with van der Waals surface area (Å²) in [7, 11) is 0. The third kappa shape index (κ3) is 6.97. The van der Waals surface area contributed by atoms with E-state index >= 15 is 0 Å². The molecule has 2 aromatic rings. The molecule has 0 aliphatic rings. The molecule has 146 valence electrons. The van der Waals surface area contributed by atoms with Crippen molar-refractivity contribution in [2.45, 2.75) is 53.4 Å². The van der Waals surface area contributed by atoms with Gasteiger partial charge >= 0.3 is 5.97 Å². The SMILES string of the molecule is CCCCOc1ccc(CCC(=O)Oc2cc(C)cc(C)c2)cc1OCC. The van der Waals surface area contributed by atoms with Gasteiger partial charge < -0.3 is 14.2 Å². The van der Waals surface area contributed by atoms with Gasteiger partial charge in [0.25, 0.3) is 0 Å². The van der Waals surface area contributed by atoms with Crippen LogP contribution in [0.4, 0.5) is 0 Å². The van der Waals surface area contributed by atoms with Crippen LogP contribution in [-0.2, 0) is 11.2 Å². The second kappa shape index (κ2) is 10.6. The number of rotatable bonds is 10. The van der Waals surface area contributed by atoms with Gasteiger partial charge in [-0.3, -0.25) is 4.79 Å². The Morgan fingerprint density at radius 2 is 1.67 bits per heavy atom. The fourth-order valence-corrected chi connectivity index (χ4v) is 2.84. The van der Waals surface area contributed by atoms with Crippen LogP contribution in [0.2, 0.25) is 0 Å². The number of esters is 1. The van der Waals surface area contributed by atoms with Crippen molar-refractivity contribution in [3.05, 3.63) is 53.1 Å². The molecule has 0 unspecified atom stereocenters. The predicted octanol–water partition coefficient (Wildman–Crippen LogP) is 5.42. The van der Waals surface area contributed by atoms with Crippen molar-refractivity contribution in [2.24, 2.45) is 0 Å². The first-order valence-electron chi connectivity index (χ1n) is 9.69. The van der Waals surface area contributed by atoms with E-state index in [-0.39, 0.29) is 5.97 Å². The van der Waals surface area contributed by atoms with E-state index in [1.54, 1.807) is 0 Å². The summed E-state index contributed by atoms with van der Waals surface area (Å²) in [4.78, 5) is 12.2. The molecule has 0 N–H and O–H groups in total. The minimum Gasteiger partial charge on any atom is -0.490 e. The van der Waals surface area contributed by atoms with Gasteiger partial charge in [-0.25, -0.2) is 0 Å². The molecule has 4 heteroatoms. The van der Waals surface area contributed by atoms with Crippen LogP contribution in [0, 0.1) is 13.8 Å². The number of ether oxygens (including phenoxy) is 3. The lowest BCUT2D eigenvalue weighted by molar-refractivity contribution is -0.134. The van der Waals surface area contributed by atoms with Gasteiger partial charge in [0.05, 0.1) is 13.2 Å². The number of hydrogen-bond donors (Lipinski definition) is 0. The number of carbonyl (C=O) groups is 1. The van der Waals surface area contributed by atoms with Gasteiger partial charge in [0.2, 0.25) is 0 Å². The van der Waals surface area contributed by atoms with Crippen molar-refractivity contribution in [3.8, 4) is 17.2 Å². The molecule has 2 aromatic carbocycles. The van der Waals surface area contributed by atoms with E-state index in [1.165, 1.54) is 0 Å². The average Bonchev–Trinajstić information content (AvgIpc) is 2.61. The summed E-state index contributed by atoms with van der Waals surface area (Å²) in [6, 6.07) is 11.7. The standard InChI is InChI=1S/C23H30O4/c1-5-7-12-26-21-10-8-19(16-22(21)25-6-2)9-11-23(24)27-20-14-17(3)13-18(4)15-20/h8,10,13-16H,5-7,9,11-12H2,1-4H3. The first-order valence-corrected chi connectivity index (χ1v) is 9.69. The fourth-order valence-electron chi connectivity index (χ4n) is 2.84. The molecular formula is C23H30O4. The Morgan fingerprint density at radius 3 is 2.33 bits per heavy atom. The zero-order valence-corrected chi connectivity index (χ0v) is 16.8. The minimum atomic E-state index is -0.235. The Morgan fingerprint density at radius 1 is 0.926 bits per heavy atom. The molecule has 0 aliphatic heterocycles. The van der Waals surface area contributed by atoms with Gasteiger partial charge in [0.1, 0.15) is 5.75 Å². The largest absolute Gasteiger partial charge is 0.490 e. The van der Waals surface area contributed by atoms with Crippen LogP contribution in [0.5, 0.6) is 17.2 Å². The zero-order chi connectivity index (χ0) is 19.6. The van der Waals surface area contributed by atoms with Crippen molar-refractivity contribution in [1.82, 2.24) is 0 Å². The maximum Gasteiger partial charge on any atom is 0.311 e. The number of carbonyl (C=O) groups excluding carboxylic acids is 1. The molecule has 0 saturated carbocycles. The van der Waals surface area contributed by atoms with Crippen LogP contribution in [0.15, 0.2) is 36.4 Å². The molecule has 0 atom stereocenters. The summed E-state index contributed by atoms with van der Waals surface area (Å²) in [6.45, 7) is 9.31. The van der Waals surface area contributed by atoms with Crippen molar-refractivity contribution >= 4 is 5.97 Å². The normalized spacial score (nSPS) is 10.5. The van der Waals surface area contributed by atoms with Crippen LogP contribution in [0.1, 0.15) is 49.8 Å². The van der Waals surface area contributed by atoms with Crippen LogP contribution in [0.25, 0.3) is 0 Å². The third-order valence-corrected chi connectivity index (χ3v) is 4.11. The molecule has 0 heterocycles. The lowest BCUT2D eigenvalue weighted by Gasteiger charge is -2.13. The van der Waals surface area contributed by atoms with Crippen LogP contribution in [0.3, 0.4) is 0 Å². The predicted molar refractivity (Wildman–Crippen MR) is 108 cm³/mol. The van der Waals surface area contributed by atoms with Gasteiger partial charge in [-0.15, -0.1) is 0 Å². The van der Waals surface area contributed by atoms with Crippen LogP contribution < -0.4 is 14.2 Å². The highest BCUT2D eigenvalue weighted by Crippen LogP contribution is 2.29. The monoisotopic (exact) mass is 370 g/mol. The van der Waals surface area contributed by atoms with Gasteiger partial charge in [-0.1, -0.05) is 25.5 Å². The first-order chi connectivity index (χ1) is 13.0. The summed E-state index contributed by atoms with van der Waals surface area (Å²) in [6.07, 6.45) is 3.01. The Kier molecular flexibility index (Phi) is 8.18. The van der Waals surface area contributed by atoms with Crippen molar-refractivity contribution < 1.29 is 19.0 Å². The Balaban J connectivity index is 1.95. The summed E-state index contributed by atoms with van der Waals surface area (Å²) in [5, 5.41) is 0. The van der Waals surface area contributed by atoms with E-state index in [9.17, 15) is 4.79 Å². The highest BCUT2D eigenvalue weighted by Gasteiger charge is 2.10. The molecule has 0 saturated heterocycles. The molecule has 0 spiro atoms. The van der Waals surface area contributed by atoms with E-state index in [1.807, 2.05) is 51.1 Å². The minimum absolute atomic E-state index is 0.235. The van der Waals surface area contributed by atoms with Crippen LogP contribution in [-0.4, -0.2) is 19.2 Å². The zero-order valence-electron chi connectivity index (χ0n) is 16.8. The third-order valence-electron chi connectivity index (χ3n) is 4.11. The molecular weight excluding hydrogens is 340 g/mol. The number of benzene rings is 2. The number of aryl methyl sites for hydroxylation is 3. The Labute approximate surface area is 162 Å². The summed E-state index contributed by atoms with van der Waals surface area (Å²) >= 11 is 0.